The molecule has 1 aliphatic rings. The number of nitrogen functional groups attached to an aromatic ring is 1. The maximum Gasteiger partial charge on any atom is 0.273 e. The number of hydrogen-bond donors (Lipinski definition) is 3. The zero-order valence-electron chi connectivity index (χ0n) is 13.6. The zero-order valence-corrected chi connectivity index (χ0v) is 13.6. The number of carbonyl (C=O) groups is 1. The molecule has 24 heavy (non-hydrogen) atoms. The van der Waals surface area contributed by atoms with Crippen LogP contribution in [0.4, 0.5) is 11.8 Å². The largest absolute Gasteiger partial charge is 0.391 e. The Hall–Kier alpha value is -2.68. The van der Waals surface area contributed by atoms with Gasteiger partial charge in [-0.15, -0.1) is 0 Å². The average molecular weight is 332 g/mol. The second-order valence-corrected chi connectivity index (χ2v) is 5.93. The molecule has 9 heteroatoms. The molecule has 2 aromatic heterocycles. The van der Waals surface area contributed by atoms with E-state index in [1.807, 2.05) is 17.9 Å². The highest BCUT2D eigenvalue weighted by Gasteiger charge is 2.30. The van der Waals surface area contributed by atoms with Gasteiger partial charge in [-0.3, -0.25) is 4.79 Å². The summed E-state index contributed by atoms with van der Waals surface area (Å²) in [6, 6.07) is 2.94. The molecule has 3 heterocycles. The molecule has 0 radical (unpaired) electrons. The molecular weight excluding hydrogens is 312 g/mol. The van der Waals surface area contributed by atoms with Gasteiger partial charge in [0.05, 0.1) is 12.1 Å². The monoisotopic (exact) mass is 332 g/mol. The van der Waals surface area contributed by atoms with Crippen molar-refractivity contribution in [1.82, 2.24) is 20.4 Å². The number of piperidine rings is 1. The summed E-state index contributed by atoms with van der Waals surface area (Å²) in [6.45, 7) is 4.58. The van der Waals surface area contributed by atoms with Crippen molar-refractivity contribution < 1.29 is 14.4 Å². The van der Waals surface area contributed by atoms with Crippen LogP contribution in [-0.4, -0.2) is 51.4 Å². The third-order valence-corrected chi connectivity index (χ3v) is 3.94. The predicted octanol–water partition coefficient (Wildman–Crippen LogP) is 0.0332. The number of aliphatic hydroxyl groups is 1. The number of rotatable bonds is 3. The van der Waals surface area contributed by atoms with Crippen molar-refractivity contribution in [3.63, 3.8) is 0 Å². The standard InChI is InChI=1S/C15H20N6O3/c1-8-5-13(19-15(16)17-8)21-4-3-12(22)11(7-21)18-14(23)10-6-9(2)24-20-10/h5-6,11-12,22H,3-4,7H2,1-2H3,(H,18,23)(H2,16,17,19)/t11-,12+/m1/s1. The number of aryl methyl sites for hydroxylation is 2. The first kappa shape index (κ1) is 16.2. The molecule has 0 bridgehead atoms. The Bertz CT molecular complexity index is 726. The Balaban J connectivity index is 1.72. The van der Waals surface area contributed by atoms with E-state index in [2.05, 4.69) is 20.4 Å². The molecule has 1 aliphatic heterocycles. The summed E-state index contributed by atoms with van der Waals surface area (Å²) in [6.07, 6.45) is -0.135. The summed E-state index contributed by atoms with van der Waals surface area (Å²) in [4.78, 5) is 22.5. The van der Waals surface area contributed by atoms with Crippen molar-refractivity contribution >= 4 is 17.7 Å². The number of nitrogens with two attached hydrogens (primary N) is 1. The Morgan fingerprint density at radius 2 is 2.21 bits per heavy atom. The molecule has 2 aromatic rings. The number of aliphatic hydroxyl groups excluding tert-OH is 1. The minimum atomic E-state index is -0.640. The van der Waals surface area contributed by atoms with E-state index in [1.165, 1.54) is 0 Å². The highest BCUT2D eigenvalue weighted by atomic mass is 16.5. The smallest absolute Gasteiger partial charge is 0.273 e. The lowest BCUT2D eigenvalue weighted by atomic mass is 10.0. The van der Waals surface area contributed by atoms with Gasteiger partial charge in [0.25, 0.3) is 5.91 Å². The van der Waals surface area contributed by atoms with Crippen LogP contribution in [0.3, 0.4) is 0 Å². The minimum Gasteiger partial charge on any atom is -0.391 e. The molecule has 1 fully saturated rings. The van der Waals surface area contributed by atoms with Crippen LogP contribution in [-0.2, 0) is 0 Å². The fraction of sp³-hybridized carbons (Fsp3) is 0.467. The topological polar surface area (TPSA) is 130 Å². The molecule has 3 rings (SSSR count). The van der Waals surface area contributed by atoms with Gasteiger partial charge in [0.15, 0.2) is 5.69 Å². The van der Waals surface area contributed by atoms with E-state index in [1.54, 1.807) is 13.0 Å². The highest BCUT2D eigenvalue weighted by Crippen LogP contribution is 2.20. The van der Waals surface area contributed by atoms with Gasteiger partial charge in [-0.1, -0.05) is 5.16 Å². The third kappa shape index (κ3) is 3.46. The van der Waals surface area contributed by atoms with E-state index in [-0.39, 0.29) is 17.5 Å². The Morgan fingerprint density at radius 1 is 1.42 bits per heavy atom. The summed E-state index contributed by atoms with van der Waals surface area (Å²) >= 11 is 0. The van der Waals surface area contributed by atoms with Crippen LogP contribution >= 0.6 is 0 Å². The number of amides is 1. The van der Waals surface area contributed by atoms with E-state index >= 15 is 0 Å². The molecule has 0 spiro atoms. The molecule has 0 unspecified atom stereocenters. The number of anilines is 2. The quantitative estimate of drug-likeness (QED) is 0.718. The van der Waals surface area contributed by atoms with E-state index in [0.29, 0.717) is 31.1 Å². The van der Waals surface area contributed by atoms with Crippen molar-refractivity contribution in [1.29, 1.82) is 0 Å². The number of aromatic nitrogens is 3. The van der Waals surface area contributed by atoms with Crippen LogP contribution < -0.4 is 16.0 Å². The molecule has 4 N–H and O–H groups in total. The van der Waals surface area contributed by atoms with Gasteiger partial charge >= 0.3 is 0 Å². The van der Waals surface area contributed by atoms with Crippen molar-refractivity contribution in [2.75, 3.05) is 23.7 Å². The number of nitrogens with one attached hydrogen (secondary N) is 1. The van der Waals surface area contributed by atoms with Gasteiger partial charge in [0, 0.05) is 30.9 Å². The van der Waals surface area contributed by atoms with Gasteiger partial charge in [-0.25, -0.2) is 4.98 Å². The molecule has 0 aromatic carbocycles. The zero-order chi connectivity index (χ0) is 17.3. The summed E-state index contributed by atoms with van der Waals surface area (Å²) in [7, 11) is 0. The van der Waals surface area contributed by atoms with Gasteiger partial charge in [0.2, 0.25) is 5.95 Å². The second-order valence-electron chi connectivity index (χ2n) is 5.93. The van der Waals surface area contributed by atoms with E-state index < -0.39 is 12.1 Å². The van der Waals surface area contributed by atoms with Gasteiger partial charge < -0.3 is 25.6 Å². The summed E-state index contributed by atoms with van der Waals surface area (Å²) in [5, 5.41) is 16.7. The molecule has 0 saturated carbocycles. The Morgan fingerprint density at radius 3 is 2.88 bits per heavy atom. The lowest BCUT2D eigenvalue weighted by molar-refractivity contribution is 0.0778. The normalized spacial score (nSPS) is 20.9. The van der Waals surface area contributed by atoms with Crippen molar-refractivity contribution in [3.05, 3.63) is 29.3 Å². The highest BCUT2D eigenvalue weighted by molar-refractivity contribution is 5.92. The first-order valence-corrected chi connectivity index (χ1v) is 7.70. The SMILES string of the molecule is Cc1cc(N2CC[C@H](O)[C@H](NC(=O)c3cc(C)on3)C2)nc(N)n1. The van der Waals surface area contributed by atoms with E-state index in [9.17, 15) is 9.90 Å². The summed E-state index contributed by atoms with van der Waals surface area (Å²) < 4.78 is 4.90. The summed E-state index contributed by atoms with van der Waals surface area (Å²) in [5.41, 5.74) is 6.66. The Labute approximate surface area is 138 Å². The lowest BCUT2D eigenvalue weighted by Crippen LogP contribution is -2.55. The van der Waals surface area contributed by atoms with Gasteiger partial charge in [-0.05, 0) is 20.3 Å². The molecular formula is C15H20N6O3. The van der Waals surface area contributed by atoms with Crippen molar-refractivity contribution in [2.24, 2.45) is 0 Å². The molecule has 128 valence electrons. The maximum absolute atomic E-state index is 12.2. The van der Waals surface area contributed by atoms with Crippen LogP contribution in [0, 0.1) is 13.8 Å². The molecule has 1 saturated heterocycles. The van der Waals surface area contributed by atoms with E-state index in [4.69, 9.17) is 10.3 Å². The lowest BCUT2D eigenvalue weighted by Gasteiger charge is -2.37. The van der Waals surface area contributed by atoms with Crippen LogP contribution in [0.15, 0.2) is 16.7 Å². The van der Waals surface area contributed by atoms with Gasteiger partial charge in [-0.2, -0.15) is 4.98 Å². The van der Waals surface area contributed by atoms with Crippen molar-refractivity contribution in [2.45, 2.75) is 32.4 Å². The Kier molecular flexibility index (Phi) is 4.34. The molecule has 9 nitrogen and oxygen atoms in total. The maximum atomic E-state index is 12.2. The number of nitrogens with zero attached hydrogens (tertiary/aromatic N) is 4. The number of hydrogen-bond acceptors (Lipinski definition) is 8. The minimum absolute atomic E-state index is 0.193. The van der Waals surface area contributed by atoms with E-state index in [0.717, 1.165) is 5.69 Å². The van der Waals surface area contributed by atoms with Gasteiger partial charge in [0.1, 0.15) is 11.6 Å². The first-order valence-electron chi connectivity index (χ1n) is 7.70. The fourth-order valence-electron chi connectivity index (χ4n) is 2.74. The van der Waals surface area contributed by atoms with Crippen LogP contribution in [0.1, 0.15) is 28.4 Å². The summed E-state index contributed by atoms with van der Waals surface area (Å²) in [5.74, 6) is 1.06. The predicted molar refractivity (Wildman–Crippen MR) is 86.5 cm³/mol. The van der Waals surface area contributed by atoms with Crippen molar-refractivity contribution in [3.8, 4) is 0 Å². The van der Waals surface area contributed by atoms with Crippen LogP contribution in [0.5, 0.6) is 0 Å². The average Bonchev–Trinajstić information content (AvgIpc) is 2.95. The third-order valence-electron chi connectivity index (χ3n) is 3.94. The second kappa shape index (κ2) is 6.44. The number of carbonyl (C=O) groups excluding carboxylic acids is 1. The molecule has 2 atom stereocenters. The molecule has 0 aliphatic carbocycles. The molecule has 1 amide bonds. The van der Waals surface area contributed by atoms with Crippen LogP contribution in [0.25, 0.3) is 0 Å². The fourth-order valence-corrected chi connectivity index (χ4v) is 2.74. The first-order chi connectivity index (χ1) is 11.4. The van der Waals surface area contributed by atoms with Crippen LogP contribution in [0.2, 0.25) is 0 Å².